The minimum absolute atomic E-state index is 0.654. The number of hydrogen-bond donors (Lipinski definition) is 1. The largest absolute Gasteiger partial charge is 0.326 e. The molecule has 1 nitrogen and oxygen atoms in total. The van der Waals surface area contributed by atoms with E-state index in [4.69, 9.17) is 5.73 Å². The Bertz CT molecular complexity index is 476. The number of aryl methyl sites for hydroxylation is 1. The van der Waals surface area contributed by atoms with Gasteiger partial charge < -0.3 is 5.73 Å². The van der Waals surface area contributed by atoms with Gasteiger partial charge in [0.05, 0.1) is 0 Å². The van der Waals surface area contributed by atoms with Crippen LogP contribution in [-0.4, -0.2) is 0 Å². The van der Waals surface area contributed by atoms with Crippen molar-refractivity contribution < 1.29 is 0 Å². The Morgan fingerprint density at radius 2 is 2.20 bits per heavy atom. The summed E-state index contributed by atoms with van der Waals surface area (Å²) in [5.74, 6) is 0. The average molecular weight is 284 g/mol. The predicted molar refractivity (Wildman–Crippen MR) is 71.4 cm³/mol. The molecule has 0 aliphatic rings. The maximum Gasteiger partial charge on any atom is 0.0491 e. The fraction of sp³-hybridized carbons (Fsp3) is 0.333. The third kappa shape index (κ3) is 1.96. The molecule has 2 N–H and O–H groups in total. The molecule has 0 aliphatic heterocycles. The summed E-state index contributed by atoms with van der Waals surface area (Å²) in [5.41, 5.74) is 7.24. The van der Waals surface area contributed by atoms with Crippen LogP contribution in [0.4, 0.5) is 0 Å². The van der Waals surface area contributed by atoms with Crippen LogP contribution in [0.25, 0.3) is 10.1 Å². The van der Waals surface area contributed by atoms with Gasteiger partial charge in [-0.2, -0.15) is 0 Å². The number of halogens is 1. The van der Waals surface area contributed by atoms with Gasteiger partial charge in [-0.05, 0) is 39.4 Å². The van der Waals surface area contributed by atoms with Crippen molar-refractivity contribution in [1.29, 1.82) is 0 Å². The fourth-order valence-electron chi connectivity index (χ4n) is 1.87. The van der Waals surface area contributed by atoms with Crippen LogP contribution < -0.4 is 5.73 Å². The number of rotatable bonds is 3. The Morgan fingerprint density at radius 3 is 2.87 bits per heavy atom. The Balaban J connectivity index is 2.68. The molecule has 0 spiro atoms. The number of benzene rings is 1. The smallest absolute Gasteiger partial charge is 0.0491 e. The van der Waals surface area contributed by atoms with Gasteiger partial charge >= 0.3 is 0 Å². The Kier molecular flexibility index (Phi) is 3.44. The highest BCUT2D eigenvalue weighted by atomic mass is 79.9. The molecule has 1 heterocycles. The molecule has 0 atom stereocenters. The highest BCUT2D eigenvalue weighted by Crippen LogP contribution is 2.36. The van der Waals surface area contributed by atoms with E-state index in [9.17, 15) is 0 Å². The maximum absolute atomic E-state index is 5.79. The third-order valence-electron chi connectivity index (χ3n) is 2.54. The van der Waals surface area contributed by atoms with Crippen molar-refractivity contribution in [3.05, 3.63) is 33.1 Å². The van der Waals surface area contributed by atoms with E-state index in [-0.39, 0.29) is 0 Å². The zero-order valence-electron chi connectivity index (χ0n) is 8.72. The van der Waals surface area contributed by atoms with Crippen molar-refractivity contribution in [3.8, 4) is 0 Å². The molecule has 0 amide bonds. The zero-order valence-corrected chi connectivity index (χ0v) is 11.1. The van der Waals surface area contributed by atoms with Gasteiger partial charge in [-0.3, -0.25) is 0 Å². The molecule has 2 rings (SSSR count). The Morgan fingerprint density at radius 1 is 1.40 bits per heavy atom. The second-order valence-electron chi connectivity index (χ2n) is 3.57. The summed E-state index contributed by atoms with van der Waals surface area (Å²) in [6.45, 7) is 2.86. The van der Waals surface area contributed by atoms with Crippen LogP contribution in [0, 0.1) is 0 Å². The van der Waals surface area contributed by atoms with E-state index in [1.807, 2.05) is 11.3 Å². The van der Waals surface area contributed by atoms with Gasteiger partial charge in [0.25, 0.3) is 0 Å². The summed E-state index contributed by atoms with van der Waals surface area (Å²) in [7, 11) is 0. The standard InChI is InChI=1S/C12H14BrNS/c1-2-4-8-9-5-3-6-10(13)12(9)15-11(8)7-14/h3,5-6H,2,4,7,14H2,1H3. The topological polar surface area (TPSA) is 26.0 Å². The molecule has 80 valence electrons. The average Bonchev–Trinajstić information content (AvgIpc) is 2.59. The van der Waals surface area contributed by atoms with E-state index in [0.717, 1.165) is 6.42 Å². The molecular weight excluding hydrogens is 270 g/mol. The number of fused-ring (bicyclic) bond motifs is 1. The number of nitrogens with two attached hydrogens (primary N) is 1. The quantitative estimate of drug-likeness (QED) is 0.903. The predicted octanol–water partition coefficient (Wildman–Crippen LogP) is 4.08. The van der Waals surface area contributed by atoms with Crippen molar-refractivity contribution in [3.63, 3.8) is 0 Å². The van der Waals surface area contributed by atoms with E-state index >= 15 is 0 Å². The maximum atomic E-state index is 5.79. The molecule has 15 heavy (non-hydrogen) atoms. The van der Waals surface area contributed by atoms with Crippen LogP contribution >= 0.6 is 27.3 Å². The normalized spacial score (nSPS) is 11.1. The van der Waals surface area contributed by atoms with E-state index in [2.05, 4.69) is 41.1 Å². The van der Waals surface area contributed by atoms with Crippen LogP contribution in [0.3, 0.4) is 0 Å². The molecule has 0 unspecified atom stereocenters. The Labute approximate surface area is 102 Å². The molecule has 0 saturated carbocycles. The summed E-state index contributed by atoms with van der Waals surface area (Å²) in [5, 5.41) is 1.37. The summed E-state index contributed by atoms with van der Waals surface area (Å²) >= 11 is 5.41. The monoisotopic (exact) mass is 283 g/mol. The van der Waals surface area contributed by atoms with E-state index in [1.165, 1.54) is 31.4 Å². The molecular formula is C12H14BrNS. The lowest BCUT2D eigenvalue weighted by atomic mass is 10.1. The first-order chi connectivity index (χ1) is 7.27. The highest BCUT2D eigenvalue weighted by Gasteiger charge is 2.11. The first kappa shape index (κ1) is 11.1. The van der Waals surface area contributed by atoms with Crippen molar-refractivity contribution >= 4 is 37.4 Å². The molecule has 0 saturated heterocycles. The van der Waals surface area contributed by atoms with E-state index < -0.39 is 0 Å². The first-order valence-corrected chi connectivity index (χ1v) is 6.77. The lowest BCUT2D eigenvalue weighted by Gasteiger charge is -2.00. The summed E-state index contributed by atoms with van der Waals surface area (Å²) in [6.07, 6.45) is 2.30. The number of thiophene rings is 1. The van der Waals surface area contributed by atoms with Crippen molar-refractivity contribution in [2.75, 3.05) is 0 Å². The second kappa shape index (κ2) is 4.64. The van der Waals surface area contributed by atoms with Gasteiger partial charge in [-0.1, -0.05) is 25.5 Å². The van der Waals surface area contributed by atoms with Crippen LogP contribution in [0.5, 0.6) is 0 Å². The summed E-state index contributed by atoms with van der Waals surface area (Å²) < 4.78 is 2.52. The fourth-order valence-corrected chi connectivity index (χ4v) is 3.61. The van der Waals surface area contributed by atoms with Crippen LogP contribution in [-0.2, 0) is 13.0 Å². The molecule has 0 fully saturated rings. The van der Waals surface area contributed by atoms with Gasteiger partial charge in [0.2, 0.25) is 0 Å². The molecule has 1 aromatic heterocycles. The lowest BCUT2D eigenvalue weighted by molar-refractivity contribution is 0.912. The first-order valence-electron chi connectivity index (χ1n) is 5.16. The van der Waals surface area contributed by atoms with Gasteiger partial charge in [-0.25, -0.2) is 0 Å². The second-order valence-corrected chi connectivity index (χ2v) is 5.53. The van der Waals surface area contributed by atoms with E-state index in [1.54, 1.807) is 0 Å². The number of hydrogen-bond acceptors (Lipinski definition) is 2. The molecule has 0 aliphatic carbocycles. The van der Waals surface area contributed by atoms with E-state index in [0.29, 0.717) is 6.54 Å². The Hall–Kier alpha value is -0.380. The van der Waals surface area contributed by atoms with Crippen LogP contribution in [0.15, 0.2) is 22.7 Å². The van der Waals surface area contributed by atoms with Gasteiger partial charge in [0.1, 0.15) is 0 Å². The van der Waals surface area contributed by atoms with Crippen LogP contribution in [0.1, 0.15) is 23.8 Å². The highest BCUT2D eigenvalue weighted by molar-refractivity contribution is 9.10. The molecule has 1 aromatic carbocycles. The summed E-state index contributed by atoms with van der Waals surface area (Å²) in [6, 6.07) is 6.38. The molecule has 0 radical (unpaired) electrons. The van der Waals surface area contributed by atoms with Crippen molar-refractivity contribution in [2.45, 2.75) is 26.3 Å². The molecule has 3 heteroatoms. The van der Waals surface area contributed by atoms with Gasteiger partial charge in [0.15, 0.2) is 0 Å². The third-order valence-corrected chi connectivity index (χ3v) is 4.77. The van der Waals surface area contributed by atoms with Crippen LogP contribution in [0.2, 0.25) is 0 Å². The lowest BCUT2D eigenvalue weighted by Crippen LogP contribution is -1.97. The minimum atomic E-state index is 0.654. The van der Waals surface area contributed by atoms with Gasteiger partial charge in [-0.15, -0.1) is 11.3 Å². The SMILES string of the molecule is CCCc1c(CN)sc2c(Br)cccc12. The van der Waals surface area contributed by atoms with Gasteiger partial charge in [0, 0.05) is 20.6 Å². The van der Waals surface area contributed by atoms with Crippen molar-refractivity contribution in [2.24, 2.45) is 5.73 Å². The molecule has 2 aromatic rings. The molecule has 0 bridgehead atoms. The summed E-state index contributed by atoms with van der Waals surface area (Å²) in [4.78, 5) is 1.33. The minimum Gasteiger partial charge on any atom is -0.326 e. The zero-order chi connectivity index (χ0) is 10.8. The van der Waals surface area contributed by atoms with Crippen molar-refractivity contribution in [1.82, 2.24) is 0 Å².